The highest BCUT2D eigenvalue weighted by Crippen LogP contribution is 2.19. The van der Waals surface area contributed by atoms with Crippen molar-refractivity contribution in [2.75, 3.05) is 0 Å². The second-order valence-corrected chi connectivity index (χ2v) is 6.30. The molecule has 0 N–H and O–H groups in total. The molecule has 0 aliphatic rings. The third-order valence-corrected chi connectivity index (χ3v) is 4.41. The average Bonchev–Trinajstić information content (AvgIpc) is 2.50. The maximum atomic E-state index is 13.7. The number of aromatic nitrogens is 2. The normalized spacial score (nSPS) is 11.1. The van der Waals surface area contributed by atoms with E-state index in [1.54, 1.807) is 10.6 Å². The number of hydrogen-bond donors (Lipinski definition) is 0. The van der Waals surface area contributed by atoms with Crippen molar-refractivity contribution >= 4 is 33.5 Å². The van der Waals surface area contributed by atoms with Gasteiger partial charge < -0.3 is 0 Å². The van der Waals surface area contributed by atoms with Gasteiger partial charge in [-0.05, 0) is 47.7 Å². The van der Waals surface area contributed by atoms with E-state index >= 15 is 0 Å². The number of halogens is 2. The van der Waals surface area contributed by atoms with Crippen LogP contribution in [-0.4, -0.2) is 9.55 Å². The molecule has 1 aromatic heterocycles. The largest absolute Gasteiger partial charge is 0.268 e. The van der Waals surface area contributed by atoms with Crippen LogP contribution in [0.2, 0.25) is 0 Å². The summed E-state index contributed by atoms with van der Waals surface area (Å²) in [6, 6.07) is 10.6. The minimum absolute atomic E-state index is 0.163. The summed E-state index contributed by atoms with van der Waals surface area (Å²) in [7, 11) is 0. The molecule has 0 unspecified atom stereocenters. The minimum Gasteiger partial charge on any atom is -0.268 e. The van der Waals surface area contributed by atoms with Gasteiger partial charge in [0.05, 0.1) is 16.6 Å². The molecule has 22 heavy (non-hydrogen) atoms. The molecule has 0 bridgehead atoms. The molecule has 3 rings (SSSR count). The first-order valence-electron chi connectivity index (χ1n) is 6.99. The Hall–Kier alpha value is -1.76. The van der Waals surface area contributed by atoms with Crippen LogP contribution in [-0.2, 0) is 6.42 Å². The minimum atomic E-state index is -0.352. The zero-order chi connectivity index (χ0) is 15.9. The van der Waals surface area contributed by atoms with Crippen molar-refractivity contribution in [3.8, 4) is 5.69 Å². The molecule has 0 saturated heterocycles. The van der Waals surface area contributed by atoms with Gasteiger partial charge in [0, 0.05) is 16.1 Å². The van der Waals surface area contributed by atoms with Crippen LogP contribution >= 0.6 is 22.6 Å². The Bertz CT molecular complexity index is 917. The number of fused-ring (bicyclic) bond motifs is 1. The number of hydrogen-bond acceptors (Lipinski definition) is 2. The fourth-order valence-electron chi connectivity index (χ4n) is 2.42. The highest BCUT2D eigenvalue weighted by molar-refractivity contribution is 14.1. The summed E-state index contributed by atoms with van der Waals surface area (Å²) in [5.74, 6) is 0.275. The average molecular weight is 408 g/mol. The van der Waals surface area contributed by atoms with Crippen LogP contribution in [0.3, 0.4) is 0 Å². The van der Waals surface area contributed by atoms with E-state index in [-0.39, 0.29) is 11.4 Å². The van der Waals surface area contributed by atoms with Crippen molar-refractivity contribution in [2.24, 2.45) is 0 Å². The lowest BCUT2D eigenvalue weighted by molar-refractivity contribution is 0.621. The third-order valence-electron chi connectivity index (χ3n) is 3.59. The van der Waals surface area contributed by atoms with Gasteiger partial charge in [0.2, 0.25) is 0 Å². The Kier molecular flexibility index (Phi) is 3.99. The first kappa shape index (κ1) is 15.1. The SMILES string of the molecule is CCc1nc2cc(F)c(I)cc2c(=O)n1-c1ccc(C)cc1. The molecule has 0 amide bonds. The second-order valence-electron chi connectivity index (χ2n) is 5.14. The fourth-order valence-corrected chi connectivity index (χ4v) is 2.89. The van der Waals surface area contributed by atoms with Crippen molar-refractivity contribution in [1.82, 2.24) is 9.55 Å². The predicted molar refractivity (Wildman–Crippen MR) is 94.1 cm³/mol. The van der Waals surface area contributed by atoms with E-state index < -0.39 is 0 Å². The first-order valence-corrected chi connectivity index (χ1v) is 8.07. The lowest BCUT2D eigenvalue weighted by Gasteiger charge is -2.13. The highest BCUT2D eigenvalue weighted by Gasteiger charge is 2.13. The van der Waals surface area contributed by atoms with Crippen LogP contribution < -0.4 is 5.56 Å². The van der Waals surface area contributed by atoms with Crippen LogP contribution in [0.1, 0.15) is 18.3 Å². The monoisotopic (exact) mass is 408 g/mol. The van der Waals surface area contributed by atoms with Gasteiger partial charge in [-0.3, -0.25) is 9.36 Å². The zero-order valence-corrected chi connectivity index (χ0v) is 14.4. The highest BCUT2D eigenvalue weighted by atomic mass is 127. The van der Waals surface area contributed by atoms with Gasteiger partial charge in [0.25, 0.3) is 5.56 Å². The molecule has 2 aromatic carbocycles. The van der Waals surface area contributed by atoms with Crippen molar-refractivity contribution < 1.29 is 4.39 Å². The third kappa shape index (κ3) is 2.54. The standard InChI is InChI=1S/C17H14FIN2O/c1-3-16-20-15-9-13(18)14(19)8-12(15)17(22)21(16)11-6-4-10(2)5-7-11/h4-9H,3H2,1-2H3. The molecule has 0 atom stereocenters. The number of benzene rings is 2. The summed E-state index contributed by atoms with van der Waals surface area (Å²) in [6.07, 6.45) is 0.590. The van der Waals surface area contributed by atoms with Crippen LogP contribution in [0.4, 0.5) is 4.39 Å². The molecule has 0 fully saturated rings. The van der Waals surface area contributed by atoms with E-state index in [0.29, 0.717) is 26.7 Å². The summed E-state index contributed by atoms with van der Waals surface area (Å²) in [5.41, 5.74) is 2.15. The van der Waals surface area contributed by atoms with E-state index in [1.807, 2.05) is 60.7 Å². The lowest BCUT2D eigenvalue weighted by atomic mass is 10.2. The molecular formula is C17H14FIN2O. The lowest BCUT2D eigenvalue weighted by Crippen LogP contribution is -2.23. The van der Waals surface area contributed by atoms with Crippen molar-refractivity contribution in [3.05, 3.63) is 67.5 Å². The molecule has 112 valence electrons. The van der Waals surface area contributed by atoms with E-state index in [0.717, 1.165) is 11.3 Å². The Morgan fingerprint density at radius 3 is 2.55 bits per heavy atom. The van der Waals surface area contributed by atoms with Gasteiger partial charge in [0.1, 0.15) is 11.6 Å². The van der Waals surface area contributed by atoms with Gasteiger partial charge in [-0.25, -0.2) is 9.37 Å². The summed E-state index contributed by atoms with van der Waals surface area (Å²) in [6.45, 7) is 3.93. The molecule has 3 aromatic rings. The van der Waals surface area contributed by atoms with E-state index in [1.165, 1.54) is 6.07 Å². The second kappa shape index (κ2) is 5.79. The van der Waals surface area contributed by atoms with E-state index in [4.69, 9.17) is 0 Å². The van der Waals surface area contributed by atoms with Crippen molar-refractivity contribution in [2.45, 2.75) is 20.3 Å². The van der Waals surface area contributed by atoms with Crippen LogP contribution in [0.25, 0.3) is 16.6 Å². The molecular weight excluding hydrogens is 394 g/mol. The van der Waals surface area contributed by atoms with Gasteiger partial charge in [0.15, 0.2) is 0 Å². The van der Waals surface area contributed by atoms with Crippen molar-refractivity contribution in [3.63, 3.8) is 0 Å². The fraction of sp³-hybridized carbons (Fsp3) is 0.176. The summed E-state index contributed by atoms with van der Waals surface area (Å²) >= 11 is 1.89. The molecule has 3 nitrogen and oxygen atoms in total. The maximum absolute atomic E-state index is 13.7. The summed E-state index contributed by atoms with van der Waals surface area (Å²) in [4.78, 5) is 17.3. The van der Waals surface area contributed by atoms with Crippen LogP contribution in [0, 0.1) is 16.3 Å². The molecule has 1 heterocycles. The van der Waals surface area contributed by atoms with Gasteiger partial charge in [-0.2, -0.15) is 0 Å². The number of rotatable bonds is 2. The topological polar surface area (TPSA) is 34.9 Å². The van der Waals surface area contributed by atoms with Gasteiger partial charge >= 0.3 is 0 Å². The summed E-state index contributed by atoms with van der Waals surface area (Å²) in [5, 5.41) is 0.434. The molecule has 5 heteroatoms. The Balaban J connectivity index is 2.38. The van der Waals surface area contributed by atoms with E-state index in [9.17, 15) is 9.18 Å². The Morgan fingerprint density at radius 1 is 1.23 bits per heavy atom. The maximum Gasteiger partial charge on any atom is 0.266 e. The molecule has 0 aliphatic heterocycles. The van der Waals surface area contributed by atoms with Crippen molar-refractivity contribution in [1.29, 1.82) is 0 Å². The molecule has 0 spiro atoms. The molecule has 0 radical (unpaired) electrons. The number of nitrogens with zero attached hydrogens (tertiary/aromatic N) is 2. The summed E-state index contributed by atoms with van der Waals surface area (Å²) < 4.78 is 15.8. The van der Waals surface area contributed by atoms with Crippen LogP contribution in [0.15, 0.2) is 41.2 Å². The first-order chi connectivity index (χ1) is 10.5. The predicted octanol–water partition coefficient (Wildman–Crippen LogP) is 4.00. The molecule has 0 saturated carbocycles. The van der Waals surface area contributed by atoms with Gasteiger partial charge in [-0.1, -0.05) is 24.6 Å². The smallest absolute Gasteiger partial charge is 0.266 e. The Labute approximate surface area is 141 Å². The van der Waals surface area contributed by atoms with Crippen LogP contribution in [0.5, 0.6) is 0 Å². The quantitative estimate of drug-likeness (QED) is 0.601. The number of aryl methyl sites for hydroxylation is 2. The zero-order valence-electron chi connectivity index (χ0n) is 12.2. The molecule has 0 aliphatic carbocycles. The Morgan fingerprint density at radius 2 is 1.91 bits per heavy atom. The van der Waals surface area contributed by atoms with E-state index in [2.05, 4.69) is 4.98 Å². The van der Waals surface area contributed by atoms with Gasteiger partial charge in [-0.15, -0.1) is 0 Å².